The van der Waals surface area contributed by atoms with Gasteiger partial charge in [0, 0.05) is 5.39 Å². The van der Waals surface area contributed by atoms with E-state index >= 15 is 0 Å². The number of phenols is 1. The van der Waals surface area contributed by atoms with E-state index in [0.29, 0.717) is 33.9 Å². The van der Waals surface area contributed by atoms with Crippen LogP contribution in [-0.4, -0.2) is 45.7 Å². The summed E-state index contributed by atoms with van der Waals surface area (Å²) in [6.45, 7) is 2.51. The lowest BCUT2D eigenvalue weighted by molar-refractivity contribution is -0.115. The molecule has 3 aliphatic heterocycles. The molecule has 3 aliphatic rings. The first-order valence-corrected chi connectivity index (χ1v) is 11.5. The zero-order valence-corrected chi connectivity index (χ0v) is 18.4. The van der Waals surface area contributed by atoms with Crippen LogP contribution in [0, 0.1) is 0 Å². The van der Waals surface area contributed by atoms with Crippen molar-refractivity contribution in [3.8, 4) is 28.0 Å². The molecule has 10 heteroatoms. The molecular formula is C21H18N4O4S2. The smallest absolute Gasteiger partial charge is 0.240 e. The van der Waals surface area contributed by atoms with E-state index in [4.69, 9.17) is 9.47 Å². The largest absolute Gasteiger partial charge is 0.504 e. The average Bonchev–Trinajstić information content (AvgIpc) is 3.34. The van der Waals surface area contributed by atoms with E-state index in [-0.39, 0.29) is 17.0 Å². The van der Waals surface area contributed by atoms with E-state index in [9.17, 15) is 9.90 Å². The number of anilines is 1. The van der Waals surface area contributed by atoms with Gasteiger partial charge in [-0.15, -0.1) is 22.0 Å². The lowest BCUT2D eigenvalue weighted by Gasteiger charge is -2.22. The SMILES string of the molecule is CCOc1ccc2nc3sc(N4C(=O)CSC4c4ccc(O)c(OC)c4)nnc-3c2c1. The number of nitrogens with zero attached hydrogens (tertiary/aromatic N) is 4. The van der Waals surface area contributed by atoms with Crippen LogP contribution >= 0.6 is 23.1 Å². The van der Waals surface area contributed by atoms with E-state index in [1.165, 1.54) is 30.2 Å². The van der Waals surface area contributed by atoms with Crippen molar-refractivity contribution in [1.29, 1.82) is 0 Å². The summed E-state index contributed by atoms with van der Waals surface area (Å²) in [6, 6.07) is 10.8. The normalized spacial score (nSPS) is 16.4. The number of carbonyl (C=O) groups is 1. The summed E-state index contributed by atoms with van der Waals surface area (Å²) in [5.74, 6) is 1.44. The number of methoxy groups -OCH3 is 1. The monoisotopic (exact) mass is 454 g/mol. The Balaban J connectivity index is 1.56. The first kappa shape index (κ1) is 19.8. The molecule has 158 valence electrons. The summed E-state index contributed by atoms with van der Waals surface area (Å²) in [4.78, 5) is 19.0. The van der Waals surface area contributed by atoms with Crippen LogP contribution in [0.3, 0.4) is 0 Å². The summed E-state index contributed by atoms with van der Waals surface area (Å²) >= 11 is 2.82. The molecule has 2 aromatic carbocycles. The average molecular weight is 455 g/mol. The number of aromatic hydroxyl groups is 1. The van der Waals surface area contributed by atoms with E-state index in [1.54, 1.807) is 23.1 Å². The van der Waals surface area contributed by atoms with Crippen LogP contribution in [-0.2, 0) is 4.79 Å². The fourth-order valence-corrected chi connectivity index (χ4v) is 5.69. The van der Waals surface area contributed by atoms with Crippen molar-refractivity contribution >= 4 is 45.0 Å². The first-order valence-electron chi connectivity index (χ1n) is 9.59. The summed E-state index contributed by atoms with van der Waals surface area (Å²) in [5.41, 5.74) is 2.33. The Morgan fingerprint density at radius 2 is 2.10 bits per heavy atom. The molecule has 0 bridgehead atoms. The topological polar surface area (TPSA) is 97.7 Å². The number of ether oxygens (including phenoxy) is 2. The van der Waals surface area contributed by atoms with Gasteiger partial charge in [-0.1, -0.05) is 17.4 Å². The van der Waals surface area contributed by atoms with E-state index in [1.807, 2.05) is 25.1 Å². The van der Waals surface area contributed by atoms with Crippen molar-refractivity contribution < 1.29 is 19.4 Å². The van der Waals surface area contributed by atoms with Crippen LogP contribution < -0.4 is 14.4 Å². The standard InChI is InChI=1S/C21H18N4O4S2/c1-3-29-12-5-6-14-13(9-12)18-19(22-14)31-21(24-23-18)25-17(27)10-30-20(25)11-4-7-15(26)16(8-11)28-2/h4-9,20,26H,3,10H2,1-2H3. The summed E-state index contributed by atoms with van der Waals surface area (Å²) < 4.78 is 10.8. The predicted molar refractivity (Wildman–Crippen MR) is 120 cm³/mol. The molecule has 8 nitrogen and oxygen atoms in total. The minimum Gasteiger partial charge on any atom is -0.504 e. The number of fused-ring (bicyclic) bond motifs is 3. The Bertz CT molecular complexity index is 1260. The highest BCUT2D eigenvalue weighted by Crippen LogP contribution is 2.46. The lowest BCUT2D eigenvalue weighted by Crippen LogP contribution is -2.28. The molecular weight excluding hydrogens is 436 g/mol. The van der Waals surface area contributed by atoms with Crippen LogP contribution in [0.2, 0.25) is 0 Å². The molecule has 0 saturated carbocycles. The number of rotatable bonds is 5. The van der Waals surface area contributed by atoms with Gasteiger partial charge in [-0.05, 0) is 42.8 Å². The van der Waals surface area contributed by atoms with Crippen molar-refractivity contribution in [3.63, 3.8) is 0 Å². The van der Waals surface area contributed by atoms with E-state index < -0.39 is 0 Å². The maximum Gasteiger partial charge on any atom is 0.240 e. The zero-order chi connectivity index (χ0) is 21.5. The minimum atomic E-state index is -0.293. The quantitative estimate of drug-likeness (QED) is 0.482. The number of hydrogen-bond acceptors (Lipinski definition) is 9. The third-order valence-electron chi connectivity index (χ3n) is 4.95. The number of phenolic OH excluding ortho intramolecular Hbond substituents is 1. The van der Waals surface area contributed by atoms with Crippen molar-refractivity contribution in [2.24, 2.45) is 0 Å². The van der Waals surface area contributed by atoms with Gasteiger partial charge in [0.2, 0.25) is 11.0 Å². The van der Waals surface area contributed by atoms with Crippen LogP contribution in [0.5, 0.6) is 17.2 Å². The molecule has 3 heterocycles. The molecule has 0 radical (unpaired) electrons. The highest BCUT2D eigenvalue weighted by Gasteiger charge is 2.37. The molecule has 1 amide bonds. The number of thioether (sulfide) groups is 1. The molecule has 0 spiro atoms. The predicted octanol–water partition coefficient (Wildman–Crippen LogP) is 4.08. The molecule has 0 aromatic heterocycles. The number of hydrogen-bond donors (Lipinski definition) is 1. The summed E-state index contributed by atoms with van der Waals surface area (Å²) in [7, 11) is 1.49. The van der Waals surface area contributed by atoms with Crippen LogP contribution in [0.15, 0.2) is 36.4 Å². The van der Waals surface area contributed by atoms with Crippen LogP contribution in [0.4, 0.5) is 5.13 Å². The van der Waals surface area contributed by atoms with Gasteiger partial charge in [-0.25, -0.2) is 4.98 Å². The van der Waals surface area contributed by atoms with Gasteiger partial charge < -0.3 is 14.6 Å². The van der Waals surface area contributed by atoms with Crippen LogP contribution in [0.25, 0.3) is 21.6 Å². The highest BCUT2D eigenvalue weighted by atomic mass is 32.2. The third-order valence-corrected chi connectivity index (χ3v) is 7.10. The molecule has 1 N–H and O–H groups in total. The Labute approximate surface area is 186 Å². The van der Waals surface area contributed by atoms with E-state index in [0.717, 1.165) is 22.2 Å². The third kappa shape index (κ3) is 3.41. The van der Waals surface area contributed by atoms with Gasteiger partial charge in [0.15, 0.2) is 11.5 Å². The summed E-state index contributed by atoms with van der Waals surface area (Å²) in [6.07, 6.45) is 0. The molecule has 2 aromatic rings. The van der Waals surface area contributed by atoms with Gasteiger partial charge in [0.25, 0.3) is 0 Å². The highest BCUT2D eigenvalue weighted by molar-refractivity contribution is 8.00. The second-order valence-corrected chi connectivity index (χ2v) is 8.85. The maximum atomic E-state index is 12.7. The van der Waals surface area contributed by atoms with Gasteiger partial charge >= 0.3 is 0 Å². The van der Waals surface area contributed by atoms with Crippen LogP contribution in [0.1, 0.15) is 17.9 Å². The maximum absolute atomic E-state index is 12.7. The van der Waals surface area contributed by atoms with Gasteiger partial charge in [0.1, 0.15) is 21.8 Å². The Kier molecular flexibility index (Phi) is 5.03. The first-order chi connectivity index (χ1) is 15.1. The molecule has 5 rings (SSSR count). The number of carbonyl (C=O) groups excluding carboxylic acids is 1. The second-order valence-electron chi connectivity index (χ2n) is 6.82. The number of aromatic nitrogens is 3. The van der Waals surface area contributed by atoms with Crippen molar-refractivity contribution in [1.82, 2.24) is 15.2 Å². The van der Waals surface area contributed by atoms with Gasteiger partial charge in [-0.2, -0.15) is 0 Å². The Morgan fingerprint density at radius 1 is 1.23 bits per heavy atom. The second kappa shape index (κ2) is 7.86. The Morgan fingerprint density at radius 3 is 2.90 bits per heavy atom. The Hall–Kier alpha value is -3.11. The van der Waals surface area contributed by atoms with Gasteiger partial charge in [0.05, 0.1) is 25.0 Å². The fourth-order valence-electron chi connectivity index (χ4n) is 3.53. The molecule has 0 aliphatic carbocycles. The fraction of sp³-hybridized carbons (Fsp3) is 0.238. The zero-order valence-electron chi connectivity index (χ0n) is 16.7. The number of benzene rings is 2. The summed E-state index contributed by atoms with van der Waals surface area (Å²) in [5, 5.41) is 20.4. The van der Waals surface area contributed by atoms with Crippen molar-refractivity contribution in [2.75, 3.05) is 24.4 Å². The van der Waals surface area contributed by atoms with Crippen molar-refractivity contribution in [2.45, 2.75) is 12.3 Å². The minimum absolute atomic E-state index is 0.0512. The lowest BCUT2D eigenvalue weighted by atomic mass is 10.2. The number of amides is 1. The molecule has 1 unspecified atom stereocenters. The van der Waals surface area contributed by atoms with Crippen molar-refractivity contribution in [3.05, 3.63) is 42.0 Å². The molecule has 1 fully saturated rings. The molecule has 31 heavy (non-hydrogen) atoms. The molecule has 1 saturated heterocycles. The van der Waals surface area contributed by atoms with E-state index in [2.05, 4.69) is 15.2 Å². The van der Waals surface area contributed by atoms with Gasteiger partial charge in [-0.3, -0.25) is 9.69 Å². The molecule has 1 atom stereocenters.